The lowest BCUT2D eigenvalue weighted by atomic mass is 9.99. The number of hydrogen-bond acceptors (Lipinski definition) is 9. The van der Waals surface area contributed by atoms with E-state index in [9.17, 15) is 25.2 Å². The lowest BCUT2D eigenvalue weighted by Gasteiger charge is -2.39. The van der Waals surface area contributed by atoms with Gasteiger partial charge in [0.25, 0.3) is 0 Å². The van der Waals surface area contributed by atoms with Gasteiger partial charge in [0.15, 0.2) is 6.29 Å². The third-order valence-corrected chi connectivity index (χ3v) is 11.7. The Hall–Kier alpha value is -3.15. The van der Waals surface area contributed by atoms with Crippen molar-refractivity contribution in [2.24, 2.45) is 0 Å². The van der Waals surface area contributed by atoms with Crippen LogP contribution in [0.25, 0.3) is 0 Å². The van der Waals surface area contributed by atoms with Crippen LogP contribution in [0, 0.1) is 0 Å². The summed E-state index contributed by atoms with van der Waals surface area (Å²) >= 11 is 0. The number of hydrogen-bond donors (Lipinski definition) is 4. The van der Waals surface area contributed by atoms with E-state index in [0.717, 1.165) is 77.0 Å². The van der Waals surface area contributed by atoms with Gasteiger partial charge in [0.05, 0.1) is 19.8 Å². The third-order valence-electron chi connectivity index (χ3n) is 11.7. The van der Waals surface area contributed by atoms with E-state index < -0.39 is 43.4 Å². The van der Waals surface area contributed by atoms with Crippen LogP contribution in [0.2, 0.25) is 0 Å². The van der Waals surface area contributed by atoms with E-state index in [-0.39, 0.29) is 25.6 Å². The van der Waals surface area contributed by atoms with Gasteiger partial charge in [-0.3, -0.25) is 4.79 Å². The van der Waals surface area contributed by atoms with Crippen molar-refractivity contribution >= 4 is 5.97 Å². The highest BCUT2D eigenvalue weighted by Crippen LogP contribution is 2.22. The van der Waals surface area contributed by atoms with Crippen molar-refractivity contribution < 1.29 is 44.2 Å². The minimum atomic E-state index is -1.56. The second kappa shape index (κ2) is 48.9. The number of rotatable bonds is 45. The summed E-state index contributed by atoms with van der Waals surface area (Å²) in [6.07, 6.45) is 62.7. The molecule has 0 aromatic rings. The first-order chi connectivity index (χ1) is 33.4. The van der Waals surface area contributed by atoms with Gasteiger partial charge >= 0.3 is 5.97 Å². The molecular weight excluding hydrogens is 853 g/mol. The Balaban J connectivity index is 2.26. The molecular formula is C59H98O9. The number of unbranched alkanes of at least 4 members (excludes halogenated alkanes) is 16. The molecule has 9 nitrogen and oxygen atoms in total. The molecule has 68 heavy (non-hydrogen) atoms. The summed E-state index contributed by atoms with van der Waals surface area (Å²) in [5.74, 6) is -0.375. The number of allylic oxidation sites excluding steroid dienone is 18. The van der Waals surface area contributed by atoms with Crippen LogP contribution in [-0.2, 0) is 23.7 Å². The molecule has 6 atom stereocenters. The van der Waals surface area contributed by atoms with Crippen LogP contribution >= 0.6 is 0 Å². The summed E-state index contributed by atoms with van der Waals surface area (Å²) in [5.41, 5.74) is 0. The standard InChI is InChI=1S/C59H98O9/c1-3-5-7-9-11-13-15-17-19-21-23-25-27-28-30-32-34-36-38-40-42-44-46-48-55(61)67-53(52-66-59-58(64)57(63)56(62)54(50-60)68-59)51-65-49-47-45-43-41-39-37-35-33-31-29-26-24-22-20-18-16-14-12-10-8-6-4-2/h5,7,11,13,16-19,22-25,28,30,34,36,40,42,53-54,56-60,62-64H,3-4,6,8-10,12,14-15,20-21,26-27,29,31-33,35,37-39,41,43-52H2,1-2H3/b7-5-,13-11-,18-16-,19-17-,24-22-,25-23-,30-28-,36-34-,42-40-. The van der Waals surface area contributed by atoms with Gasteiger partial charge in [-0.1, -0.05) is 200 Å². The maximum atomic E-state index is 12.8. The Morgan fingerprint density at radius 3 is 1.35 bits per heavy atom. The van der Waals surface area contributed by atoms with E-state index >= 15 is 0 Å². The number of aliphatic hydroxyl groups excluding tert-OH is 4. The maximum Gasteiger partial charge on any atom is 0.306 e. The molecule has 0 aliphatic carbocycles. The zero-order chi connectivity index (χ0) is 49.2. The minimum absolute atomic E-state index is 0.112. The van der Waals surface area contributed by atoms with Crippen molar-refractivity contribution in [2.75, 3.05) is 26.4 Å². The largest absolute Gasteiger partial charge is 0.457 e. The Labute approximate surface area is 414 Å². The lowest BCUT2D eigenvalue weighted by Crippen LogP contribution is -2.59. The van der Waals surface area contributed by atoms with Crippen molar-refractivity contribution in [3.8, 4) is 0 Å². The normalized spacial score (nSPS) is 20.0. The van der Waals surface area contributed by atoms with Gasteiger partial charge in [0, 0.05) is 13.0 Å². The van der Waals surface area contributed by atoms with E-state index in [2.05, 4.69) is 123 Å². The fraction of sp³-hybridized carbons (Fsp3) is 0.678. The first kappa shape index (κ1) is 62.9. The summed E-state index contributed by atoms with van der Waals surface area (Å²) < 4.78 is 22.9. The predicted octanol–water partition coefficient (Wildman–Crippen LogP) is 13.7. The maximum absolute atomic E-state index is 12.8. The number of ether oxygens (including phenoxy) is 4. The second-order valence-corrected chi connectivity index (χ2v) is 17.9. The van der Waals surface area contributed by atoms with Crippen molar-refractivity contribution in [3.63, 3.8) is 0 Å². The summed E-state index contributed by atoms with van der Waals surface area (Å²) in [7, 11) is 0. The Morgan fingerprint density at radius 1 is 0.485 bits per heavy atom. The summed E-state index contributed by atoms with van der Waals surface area (Å²) in [6, 6.07) is 0. The Bertz CT molecular complexity index is 1410. The molecule has 0 aromatic heterocycles. The Kier molecular flexibility index (Phi) is 45.2. The zero-order valence-electron chi connectivity index (χ0n) is 42.8. The van der Waals surface area contributed by atoms with Crippen molar-refractivity contribution in [2.45, 2.75) is 230 Å². The van der Waals surface area contributed by atoms with Crippen LogP contribution in [-0.4, -0.2) is 89.6 Å². The highest BCUT2D eigenvalue weighted by atomic mass is 16.7. The second-order valence-electron chi connectivity index (χ2n) is 17.9. The van der Waals surface area contributed by atoms with Gasteiger partial charge in [-0.2, -0.15) is 0 Å². The lowest BCUT2D eigenvalue weighted by molar-refractivity contribution is -0.305. The molecule has 1 rings (SSSR count). The van der Waals surface area contributed by atoms with Crippen LogP contribution in [0.3, 0.4) is 0 Å². The highest BCUT2D eigenvalue weighted by Gasteiger charge is 2.44. The minimum Gasteiger partial charge on any atom is -0.457 e. The molecule has 0 spiro atoms. The molecule has 6 unspecified atom stereocenters. The summed E-state index contributed by atoms with van der Waals surface area (Å²) in [5, 5.41) is 40.3. The van der Waals surface area contributed by atoms with E-state index in [0.29, 0.717) is 13.0 Å². The molecule has 1 aliphatic heterocycles. The molecule has 0 aromatic carbocycles. The van der Waals surface area contributed by atoms with E-state index in [1.54, 1.807) is 0 Å². The summed E-state index contributed by atoms with van der Waals surface area (Å²) in [4.78, 5) is 12.8. The topological polar surface area (TPSA) is 135 Å². The molecule has 0 amide bonds. The highest BCUT2D eigenvalue weighted by molar-refractivity contribution is 5.69. The van der Waals surface area contributed by atoms with Crippen molar-refractivity contribution in [3.05, 3.63) is 109 Å². The Morgan fingerprint density at radius 2 is 0.897 bits per heavy atom. The number of aliphatic hydroxyl groups is 4. The first-order valence-electron chi connectivity index (χ1n) is 27.0. The molecule has 1 heterocycles. The monoisotopic (exact) mass is 951 g/mol. The van der Waals surface area contributed by atoms with E-state index in [1.165, 1.54) is 89.9 Å². The smallest absolute Gasteiger partial charge is 0.306 e. The molecule has 388 valence electrons. The molecule has 0 radical (unpaired) electrons. The summed E-state index contributed by atoms with van der Waals surface area (Å²) in [6.45, 7) is 4.35. The van der Waals surface area contributed by atoms with Crippen LogP contribution in [0.4, 0.5) is 0 Å². The van der Waals surface area contributed by atoms with E-state index in [1.807, 2.05) is 0 Å². The van der Waals surface area contributed by atoms with Gasteiger partial charge in [0.1, 0.15) is 30.5 Å². The molecule has 1 aliphatic rings. The average molecular weight is 951 g/mol. The molecule has 1 saturated heterocycles. The SMILES string of the molecule is CC/C=C\C/C=C\C/C=C\C/C=C\C/C=C\C/C=C\C/C=C\CCCC(=O)OC(COCCCCCCCCCCCC/C=C\C/C=C\CCCCCCC)COC1OC(CO)C(O)C(O)C1O. The van der Waals surface area contributed by atoms with Crippen LogP contribution in [0.1, 0.15) is 194 Å². The molecule has 9 heteroatoms. The third kappa shape index (κ3) is 38.7. The van der Waals surface area contributed by atoms with Crippen LogP contribution in [0.5, 0.6) is 0 Å². The molecule has 4 N–H and O–H groups in total. The number of carbonyl (C=O) groups is 1. The quantitative estimate of drug-likeness (QED) is 0.0267. The van der Waals surface area contributed by atoms with Crippen molar-refractivity contribution in [1.29, 1.82) is 0 Å². The van der Waals surface area contributed by atoms with Gasteiger partial charge in [0.2, 0.25) is 0 Å². The van der Waals surface area contributed by atoms with Crippen LogP contribution < -0.4 is 0 Å². The first-order valence-corrected chi connectivity index (χ1v) is 27.0. The van der Waals surface area contributed by atoms with Gasteiger partial charge in [-0.05, 0) is 96.3 Å². The van der Waals surface area contributed by atoms with Crippen LogP contribution in [0.15, 0.2) is 109 Å². The van der Waals surface area contributed by atoms with E-state index in [4.69, 9.17) is 18.9 Å². The number of esters is 1. The van der Waals surface area contributed by atoms with Gasteiger partial charge in [-0.15, -0.1) is 0 Å². The number of carbonyl (C=O) groups excluding carboxylic acids is 1. The van der Waals surface area contributed by atoms with Crippen molar-refractivity contribution in [1.82, 2.24) is 0 Å². The average Bonchev–Trinajstić information content (AvgIpc) is 3.34. The molecule has 0 saturated carbocycles. The van der Waals surface area contributed by atoms with Gasteiger partial charge in [-0.25, -0.2) is 0 Å². The fourth-order valence-corrected chi connectivity index (χ4v) is 7.51. The fourth-order valence-electron chi connectivity index (χ4n) is 7.51. The predicted molar refractivity (Wildman–Crippen MR) is 283 cm³/mol. The molecule has 1 fully saturated rings. The zero-order valence-corrected chi connectivity index (χ0v) is 42.8. The molecule has 0 bridgehead atoms. The van der Waals surface area contributed by atoms with Gasteiger partial charge < -0.3 is 39.4 Å².